The van der Waals surface area contributed by atoms with Gasteiger partial charge in [0.2, 0.25) is 5.95 Å². The second kappa shape index (κ2) is 5.90. The number of nitriles is 1. The molecule has 2 amide bonds. The lowest BCUT2D eigenvalue weighted by molar-refractivity contribution is 0.0615. The topological polar surface area (TPSA) is 100 Å². The van der Waals surface area contributed by atoms with Crippen molar-refractivity contribution < 1.29 is 14.0 Å². The standard InChI is InChI=1S/C14H9FN4O2/c15-12-6-5-11(8-18-12)14(21)19(17)13(20)10-3-1-9(7-16)2-4-10/h1-6,8H,17H2. The van der Waals surface area contributed by atoms with Crippen LogP contribution in [0.4, 0.5) is 4.39 Å². The summed E-state index contributed by atoms with van der Waals surface area (Å²) in [4.78, 5) is 27.3. The lowest BCUT2D eigenvalue weighted by Gasteiger charge is -2.14. The zero-order valence-electron chi connectivity index (χ0n) is 10.7. The normalized spacial score (nSPS) is 9.76. The number of nitrogens with zero attached hydrogens (tertiary/aromatic N) is 3. The molecule has 0 fully saturated rings. The van der Waals surface area contributed by atoms with Crippen molar-refractivity contribution in [2.45, 2.75) is 0 Å². The first-order chi connectivity index (χ1) is 10.0. The van der Waals surface area contributed by atoms with E-state index in [0.717, 1.165) is 12.3 Å². The van der Waals surface area contributed by atoms with Gasteiger partial charge in [-0.15, -0.1) is 0 Å². The fourth-order valence-electron chi connectivity index (χ4n) is 1.56. The molecule has 0 saturated carbocycles. The molecule has 1 aromatic heterocycles. The van der Waals surface area contributed by atoms with Gasteiger partial charge in [-0.1, -0.05) is 0 Å². The van der Waals surface area contributed by atoms with Crippen LogP contribution in [0.15, 0.2) is 42.6 Å². The number of hydrazine groups is 1. The average molecular weight is 284 g/mol. The molecule has 0 aliphatic rings. The van der Waals surface area contributed by atoms with E-state index in [9.17, 15) is 14.0 Å². The van der Waals surface area contributed by atoms with E-state index >= 15 is 0 Å². The Morgan fingerprint density at radius 3 is 2.19 bits per heavy atom. The van der Waals surface area contributed by atoms with Crippen molar-refractivity contribution >= 4 is 11.8 Å². The highest BCUT2D eigenvalue weighted by molar-refractivity contribution is 6.09. The highest BCUT2D eigenvalue weighted by atomic mass is 19.1. The lowest BCUT2D eigenvalue weighted by Crippen LogP contribution is -2.42. The van der Waals surface area contributed by atoms with Crippen LogP contribution < -0.4 is 5.84 Å². The van der Waals surface area contributed by atoms with Crippen LogP contribution in [0.2, 0.25) is 0 Å². The summed E-state index contributed by atoms with van der Waals surface area (Å²) in [5.41, 5.74) is 0.519. The first-order valence-corrected chi connectivity index (χ1v) is 5.78. The maximum Gasteiger partial charge on any atom is 0.276 e. The molecule has 0 unspecified atom stereocenters. The summed E-state index contributed by atoms with van der Waals surface area (Å²) in [7, 11) is 0. The Hall–Kier alpha value is -3.11. The van der Waals surface area contributed by atoms with Crippen molar-refractivity contribution in [3.8, 4) is 6.07 Å². The average Bonchev–Trinajstić information content (AvgIpc) is 2.53. The third-order valence-corrected chi connectivity index (χ3v) is 2.67. The number of imide groups is 1. The van der Waals surface area contributed by atoms with Crippen LogP contribution in [0.25, 0.3) is 0 Å². The molecular weight excluding hydrogens is 275 g/mol. The third kappa shape index (κ3) is 3.08. The molecule has 6 nitrogen and oxygen atoms in total. The van der Waals surface area contributed by atoms with Gasteiger partial charge in [-0.25, -0.2) is 15.8 Å². The van der Waals surface area contributed by atoms with Crippen molar-refractivity contribution in [3.63, 3.8) is 0 Å². The van der Waals surface area contributed by atoms with E-state index in [2.05, 4.69) is 4.98 Å². The summed E-state index contributed by atoms with van der Waals surface area (Å²) >= 11 is 0. The molecule has 7 heteroatoms. The Morgan fingerprint density at radius 1 is 1.10 bits per heavy atom. The number of hydrogen-bond acceptors (Lipinski definition) is 5. The van der Waals surface area contributed by atoms with Crippen LogP contribution in [-0.4, -0.2) is 21.8 Å². The van der Waals surface area contributed by atoms with Gasteiger partial charge in [0, 0.05) is 11.8 Å². The molecule has 1 aromatic carbocycles. The molecule has 0 radical (unpaired) electrons. The molecule has 2 aromatic rings. The highest BCUT2D eigenvalue weighted by Crippen LogP contribution is 2.08. The maximum absolute atomic E-state index is 12.7. The van der Waals surface area contributed by atoms with Gasteiger partial charge in [-0.2, -0.15) is 9.65 Å². The molecule has 0 spiro atoms. The second-order valence-corrected chi connectivity index (χ2v) is 4.04. The first-order valence-electron chi connectivity index (χ1n) is 5.78. The molecule has 2 rings (SSSR count). The van der Waals surface area contributed by atoms with E-state index in [1.807, 2.05) is 6.07 Å². The summed E-state index contributed by atoms with van der Waals surface area (Å²) in [6, 6.07) is 9.72. The van der Waals surface area contributed by atoms with E-state index in [-0.39, 0.29) is 11.1 Å². The number of amides is 2. The van der Waals surface area contributed by atoms with E-state index < -0.39 is 17.8 Å². The second-order valence-electron chi connectivity index (χ2n) is 4.04. The number of nitrogens with two attached hydrogens (primary N) is 1. The Labute approximate surface area is 119 Å². The van der Waals surface area contributed by atoms with E-state index in [0.29, 0.717) is 10.6 Å². The van der Waals surface area contributed by atoms with Gasteiger partial charge < -0.3 is 0 Å². The van der Waals surface area contributed by atoms with E-state index in [4.69, 9.17) is 11.1 Å². The minimum Gasteiger partial charge on any atom is -0.267 e. The lowest BCUT2D eigenvalue weighted by atomic mass is 10.1. The van der Waals surface area contributed by atoms with Gasteiger partial charge in [0.25, 0.3) is 11.8 Å². The number of benzene rings is 1. The molecule has 0 atom stereocenters. The predicted octanol–water partition coefficient (Wildman–Crippen LogP) is 1.25. The summed E-state index contributed by atoms with van der Waals surface area (Å²) in [5.74, 6) is 3.19. The highest BCUT2D eigenvalue weighted by Gasteiger charge is 2.21. The minimum atomic E-state index is -0.808. The van der Waals surface area contributed by atoms with Gasteiger partial charge in [-0.3, -0.25) is 9.59 Å². The van der Waals surface area contributed by atoms with Gasteiger partial charge in [0.1, 0.15) is 0 Å². The molecule has 0 saturated heterocycles. The molecule has 104 valence electrons. The quantitative estimate of drug-likeness (QED) is 0.294. The van der Waals surface area contributed by atoms with E-state index in [1.165, 1.54) is 30.3 Å². The summed E-state index contributed by atoms with van der Waals surface area (Å²) in [6.07, 6.45) is 0.990. The fourth-order valence-corrected chi connectivity index (χ4v) is 1.56. The molecule has 21 heavy (non-hydrogen) atoms. The maximum atomic E-state index is 12.7. The predicted molar refractivity (Wildman–Crippen MR) is 70.0 cm³/mol. The molecule has 2 N–H and O–H groups in total. The summed E-state index contributed by atoms with van der Waals surface area (Å²) in [5, 5.41) is 9.09. The Balaban J connectivity index is 2.20. The van der Waals surface area contributed by atoms with E-state index in [1.54, 1.807) is 0 Å². The zero-order chi connectivity index (χ0) is 15.4. The smallest absolute Gasteiger partial charge is 0.267 e. The number of pyridine rings is 1. The molecular formula is C14H9FN4O2. The Bertz CT molecular complexity index is 720. The minimum absolute atomic E-state index is 0.0131. The number of halogens is 1. The molecule has 0 aliphatic carbocycles. The first kappa shape index (κ1) is 14.3. The molecule has 1 heterocycles. The van der Waals surface area contributed by atoms with Crippen molar-refractivity contribution in [3.05, 3.63) is 65.2 Å². The van der Waals surface area contributed by atoms with Crippen LogP contribution in [0.1, 0.15) is 26.3 Å². The Morgan fingerprint density at radius 2 is 1.67 bits per heavy atom. The van der Waals surface area contributed by atoms with Crippen molar-refractivity contribution in [1.82, 2.24) is 9.99 Å². The molecule has 0 bridgehead atoms. The van der Waals surface area contributed by atoms with Gasteiger partial charge in [0.15, 0.2) is 0 Å². The molecule has 0 aliphatic heterocycles. The summed E-state index contributed by atoms with van der Waals surface area (Å²) < 4.78 is 12.7. The van der Waals surface area contributed by atoms with Gasteiger partial charge in [-0.05, 0) is 36.4 Å². The largest absolute Gasteiger partial charge is 0.276 e. The number of aromatic nitrogens is 1. The van der Waals surface area contributed by atoms with Crippen LogP contribution in [0.5, 0.6) is 0 Å². The third-order valence-electron chi connectivity index (χ3n) is 2.67. The zero-order valence-corrected chi connectivity index (χ0v) is 10.7. The van der Waals surface area contributed by atoms with Gasteiger partial charge >= 0.3 is 0 Å². The van der Waals surface area contributed by atoms with Crippen LogP contribution in [0.3, 0.4) is 0 Å². The van der Waals surface area contributed by atoms with Crippen molar-refractivity contribution in [2.24, 2.45) is 5.84 Å². The monoisotopic (exact) mass is 284 g/mol. The van der Waals surface area contributed by atoms with Crippen LogP contribution >= 0.6 is 0 Å². The van der Waals surface area contributed by atoms with Crippen molar-refractivity contribution in [1.29, 1.82) is 5.26 Å². The van der Waals surface area contributed by atoms with Crippen molar-refractivity contribution in [2.75, 3.05) is 0 Å². The van der Waals surface area contributed by atoms with Gasteiger partial charge in [0.05, 0.1) is 17.2 Å². The number of rotatable bonds is 2. The summed E-state index contributed by atoms with van der Waals surface area (Å²) in [6.45, 7) is 0. The number of carbonyl (C=O) groups excluding carboxylic acids is 2. The SMILES string of the molecule is N#Cc1ccc(C(=O)N(N)C(=O)c2ccc(F)nc2)cc1. The fraction of sp³-hybridized carbons (Fsp3) is 0. The Kier molecular flexibility index (Phi) is 4.02. The number of carbonyl (C=O) groups is 2. The number of hydrogen-bond donors (Lipinski definition) is 1. The van der Waals surface area contributed by atoms with Crippen LogP contribution in [0, 0.1) is 17.3 Å². The van der Waals surface area contributed by atoms with Crippen LogP contribution in [-0.2, 0) is 0 Å².